The smallest absolute Gasteiger partial charge is 0.331 e. The fraction of sp³-hybridized carbons (Fsp3) is 0.115. The third kappa shape index (κ3) is 6.51. The van der Waals surface area contributed by atoms with Crippen molar-refractivity contribution in [3.8, 4) is 11.3 Å². The van der Waals surface area contributed by atoms with Crippen molar-refractivity contribution in [2.45, 2.75) is 13.1 Å². The third-order valence-electron chi connectivity index (χ3n) is 4.81. The molecule has 6 nitrogen and oxygen atoms in total. The lowest BCUT2D eigenvalue weighted by molar-refractivity contribution is -0.143. The minimum absolute atomic E-state index is 0.326. The maximum absolute atomic E-state index is 12.2. The Morgan fingerprint density at radius 1 is 1.00 bits per heavy atom. The Balaban J connectivity index is 1.41. The highest BCUT2D eigenvalue weighted by atomic mass is 32.1. The van der Waals surface area contributed by atoms with Gasteiger partial charge in [0.25, 0.3) is 5.91 Å². The van der Waals surface area contributed by atoms with Gasteiger partial charge in [0.05, 0.1) is 18.8 Å². The maximum Gasteiger partial charge on any atom is 0.331 e. The third-order valence-corrected chi connectivity index (χ3v) is 5.69. The van der Waals surface area contributed by atoms with Crippen LogP contribution in [0.2, 0.25) is 0 Å². The number of hydrogen-bond acceptors (Lipinski definition) is 5. The van der Waals surface area contributed by atoms with Gasteiger partial charge in [-0.15, -0.1) is 11.3 Å². The van der Waals surface area contributed by atoms with Crippen molar-refractivity contribution in [3.05, 3.63) is 106 Å². The number of ether oxygens (including phenoxy) is 1. The van der Waals surface area contributed by atoms with Gasteiger partial charge in [-0.05, 0) is 23.1 Å². The molecule has 2 aromatic heterocycles. The normalized spacial score (nSPS) is 10.9. The molecule has 0 aliphatic carbocycles. The minimum atomic E-state index is -0.587. The average molecular weight is 458 g/mol. The monoisotopic (exact) mass is 457 g/mol. The van der Waals surface area contributed by atoms with Gasteiger partial charge in [0, 0.05) is 28.3 Å². The van der Waals surface area contributed by atoms with Gasteiger partial charge in [-0.25, -0.2) is 4.79 Å². The van der Waals surface area contributed by atoms with E-state index in [9.17, 15) is 9.59 Å². The van der Waals surface area contributed by atoms with E-state index in [4.69, 9.17) is 9.84 Å². The van der Waals surface area contributed by atoms with Crippen LogP contribution in [0.15, 0.2) is 90.4 Å². The fourth-order valence-electron chi connectivity index (χ4n) is 3.22. The predicted octanol–water partition coefficient (Wildman–Crippen LogP) is 4.53. The van der Waals surface area contributed by atoms with Crippen LogP contribution in [0.1, 0.15) is 16.0 Å². The molecule has 2 heterocycles. The van der Waals surface area contributed by atoms with E-state index >= 15 is 0 Å². The number of nitrogens with zero attached hydrogens (tertiary/aromatic N) is 2. The van der Waals surface area contributed by atoms with E-state index in [-0.39, 0.29) is 12.5 Å². The van der Waals surface area contributed by atoms with Crippen LogP contribution in [0.4, 0.5) is 0 Å². The number of thiophene rings is 1. The van der Waals surface area contributed by atoms with Gasteiger partial charge >= 0.3 is 5.97 Å². The van der Waals surface area contributed by atoms with Gasteiger partial charge in [-0.2, -0.15) is 5.10 Å². The SMILES string of the molecule is O=C(COC(=O)/C=C/c1cn(Cc2ccccc2)nc1-c1ccccc1)NCc1cccs1. The number of nitrogens with one attached hydrogen (secondary N) is 1. The molecule has 0 unspecified atom stereocenters. The summed E-state index contributed by atoms with van der Waals surface area (Å²) in [5, 5.41) is 9.40. The van der Waals surface area contributed by atoms with Crippen molar-refractivity contribution in [3.63, 3.8) is 0 Å². The molecule has 166 valence electrons. The molecule has 1 amide bonds. The Morgan fingerprint density at radius 2 is 1.76 bits per heavy atom. The van der Waals surface area contributed by atoms with E-state index in [1.165, 1.54) is 6.08 Å². The van der Waals surface area contributed by atoms with Crippen LogP contribution < -0.4 is 5.32 Å². The summed E-state index contributed by atoms with van der Waals surface area (Å²) >= 11 is 1.56. The lowest BCUT2D eigenvalue weighted by atomic mass is 10.1. The molecule has 2 aromatic carbocycles. The number of carbonyl (C=O) groups excluding carboxylic acids is 2. The van der Waals surface area contributed by atoms with Crippen LogP contribution in [0, 0.1) is 0 Å². The van der Waals surface area contributed by atoms with E-state index in [2.05, 4.69) is 5.32 Å². The highest BCUT2D eigenvalue weighted by Gasteiger charge is 2.11. The second-order valence-corrected chi connectivity index (χ2v) is 8.31. The summed E-state index contributed by atoms with van der Waals surface area (Å²) in [4.78, 5) is 25.1. The summed E-state index contributed by atoms with van der Waals surface area (Å²) in [5.41, 5.74) is 3.63. The number of amides is 1. The number of benzene rings is 2. The van der Waals surface area contributed by atoms with Crippen LogP contribution in [-0.2, 0) is 27.4 Å². The second-order valence-electron chi connectivity index (χ2n) is 7.28. The minimum Gasteiger partial charge on any atom is -0.452 e. The first-order valence-electron chi connectivity index (χ1n) is 10.5. The molecular formula is C26H23N3O3S. The lowest BCUT2D eigenvalue weighted by Gasteiger charge is -2.03. The molecule has 0 aliphatic heterocycles. The van der Waals surface area contributed by atoms with Gasteiger partial charge < -0.3 is 10.1 Å². The molecule has 0 spiro atoms. The van der Waals surface area contributed by atoms with Crippen molar-refractivity contribution >= 4 is 29.3 Å². The van der Waals surface area contributed by atoms with Crippen molar-refractivity contribution in [2.75, 3.05) is 6.61 Å². The number of esters is 1. The topological polar surface area (TPSA) is 73.2 Å². The van der Waals surface area contributed by atoms with E-state index in [1.54, 1.807) is 17.4 Å². The molecule has 0 bridgehead atoms. The summed E-state index contributed by atoms with van der Waals surface area (Å²) in [5.74, 6) is -0.929. The molecule has 0 atom stereocenters. The molecule has 4 aromatic rings. The average Bonchev–Trinajstić information content (AvgIpc) is 3.51. The zero-order chi connectivity index (χ0) is 22.9. The fourth-order valence-corrected chi connectivity index (χ4v) is 3.87. The van der Waals surface area contributed by atoms with Crippen LogP contribution in [-0.4, -0.2) is 28.3 Å². The van der Waals surface area contributed by atoms with Crippen LogP contribution in [0.3, 0.4) is 0 Å². The van der Waals surface area contributed by atoms with E-state index < -0.39 is 5.97 Å². The van der Waals surface area contributed by atoms with Gasteiger partial charge in [-0.3, -0.25) is 9.48 Å². The van der Waals surface area contributed by atoms with Gasteiger partial charge in [0.15, 0.2) is 6.61 Å². The van der Waals surface area contributed by atoms with Gasteiger partial charge in [0.1, 0.15) is 0 Å². The van der Waals surface area contributed by atoms with Crippen molar-refractivity contribution < 1.29 is 14.3 Å². The Hall–Kier alpha value is -3.97. The summed E-state index contributed by atoms with van der Waals surface area (Å²) in [7, 11) is 0. The van der Waals surface area contributed by atoms with Crippen LogP contribution in [0.5, 0.6) is 0 Å². The first-order chi connectivity index (χ1) is 16.2. The lowest BCUT2D eigenvalue weighted by Crippen LogP contribution is -2.27. The Morgan fingerprint density at radius 3 is 2.48 bits per heavy atom. The predicted molar refractivity (Wildman–Crippen MR) is 129 cm³/mol. The molecule has 4 rings (SSSR count). The molecule has 0 fully saturated rings. The van der Waals surface area contributed by atoms with Crippen LogP contribution in [0.25, 0.3) is 17.3 Å². The van der Waals surface area contributed by atoms with Crippen molar-refractivity contribution in [1.29, 1.82) is 0 Å². The van der Waals surface area contributed by atoms with Gasteiger partial charge in [-0.1, -0.05) is 66.7 Å². The van der Waals surface area contributed by atoms with E-state index in [0.717, 1.165) is 27.3 Å². The van der Waals surface area contributed by atoms with Gasteiger partial charge in [0.2, 0.25) is 0 Å². The summed E-state index contributed by atoms with van der Waals surface area (Å²) in [6.07, 6.45) is 4.89. The zero-order valence-electron chi connectivity index (χ0n) is 17.9. The first-order valence-corrected chi connectivity index (χ1v) is 11.4. The molecule has 33 heavy (non-hydrogen) atoms. The molecular weight excluding hydrogens is 434 g/mol. The quantitative estimate of drug-likeness (QED) is 0.296. The highest BCUT2D eigenvalue weighted by molar-refractivity contribution is 7.09. The Bertz CT molecular complexity index is 1220. The maximum atomic E-state index is 12.2. The first kappa shape index (κ1) is 22.2. The molecule has 7 heteroatoms. The molecule has 0 saturated carbocycles. The Kier molecular flexibility index (Phi) is 7.45. The number of aromatic nitrogens is 2. The number of rotatable bonds is 9. The summed E-state index contributed by atoms with van der Waals surface area (Å²) in [6, 6.07) is 23.7. The highest BCUT2D eigenvalue weighted by Crippen LogP contribution is 2.23. The Labute approximate surface area is 196 Å². The van der Waals surface area contributed by atoms with E-state index in [1.807, 2.05) is 89.1 Å². The molecule has 0 radical (unpaired) electrons. The molecule has 0 aliphatic rings. The second kappa shape index (κ2) is 11.1. The van der Waals surface area contributed by atoms with E-state index in [0.29, 0.717) is 13.1 Å². The largest absolute Gasteiger partial charge is 0.452 e. The molecule has 1 N–H and O–H groups in total. The number of hydrogen-bond donors (Lipinski definition) is 1. The zero-order valence-corrected chi connectivity index (χ0v) is 18.7. The van der Waals surface area contributed by atoms with Crippen LogP contribution >= 0.6 is 11.3 Å². The number of carbonyl (C=O) groups is 2. The van der Waals surface area contributed by atoms with Crippen molar-refractivity contribution in [2.24, 2.45) is 0 Å². The standard InChI is InChI=1S/C26H23N3O3S/c30-24(27-16-23-12-7-15-33-23)19-32-25(31)14-13-22-18-29(17-20-8-3-1-4-9-20)28-26(22)21-10-5-2-6-11-21/h1-15,18H,16-17,19H2,(H,27,30)/b14-13+. The van der Waals surface area contributed by atoms with Crippen molar-refractivity contribution in [1.82, 2.24) is 15.1 Å². The summed E-state index contributed by atoms with van der Waals surface area (Å²) in [6.45, 7) is 0.710. The summed E-state index contributed by atoms with van der Waals surface area (Å²) < 4.78 is 6.93. The molecule has 0 saturated heterocycles.